The van der Waals surface area contributed by atoms with Crippen molar-refractivity contribution in [1.82, 2.24) is 14.6 Å². The number of unbranched alkanes of at least 4 members (excludes halogenated alkanes) is 1. The molecule has 1 aromatic carbocycles. The lowest BCUT2D eigenvalue weighted by molar-refractivity contribution is -0.227. The van der Waals surface area contributed by atoms with Gasteiger partial charge in [0.25, 0.3) is 5.56 Å². The van der Waals surface area contributed by atoms with Gasteiger partial charge in [-0.25, -0.2) is 9.36 Å². The Labute approximate surface area is 218 Å². The summed E-state index contributed by atoms with van der Waals surface area (Å²) < 4.78 is 43.0. The number of carbonyl (C=O) groups excluding carboxylic acids is 1. The fourth-order valence-corrected chi connectivity index (χ4v) is 5.74. The highest BCUT2D eigenvalue weighted by molar-refractivity contribution is 7.52. The van der Waals surface area contributed by atoms with E-state index in [0.29, 0.717) is 19.4 Å². The van der Waals surface area contributed by atoms with Gasteiger partial charge in [0.15, 0.2) is 6.23 Å². The highest BCUT2D eigenvalue weighted by atomic mass is 31.2. The second-order valence-electron chi connectivity index (χ2n) is 9.11. The van der Waals surface area contributed by atoms with E-state index in [9.17, 15) is 24.1 Å². The van der Waals surface area contributed by atoms with E-state index in [1.54, 1.807) is 30.3 Å². The number of nitrogens with zero attached hydrogens (tertiary/aromatic N) is 1. The molecule has 0 bridgehead atoms. The first-order valence-electron chi connectivity index (χ1n) is 12.4. The van der Waals surface area contributed by atoms with Crippen molar-refractivity contribution in [3.63, 3.8) is 0 Å². The molecule has 2 fully saturated rings. The van der Waals surface area contributed by atoms with Crippen LogP contribution in [0.4, 0.5) is 0 Å². The first kappa shape index (κ1) is 28.2. The van der Waals surface area contributed by atoms with E-state index >= 15 is 0 Å². The molecule has 6 atom stereocenters. The normalized spacial score (nSPS) is 26.9. The van der Waals surface area contributed by atoms with Gasteiger partial charge in [-0.05, 0) is 25.5 Å². The molecule has 38 heavy (non-hydrogen) atoms. The molecular formula is C24H32N3O10P. The molecule has 0 unspecified atom stereocenters. The molecular weight excluding hydrogens is 521 g/mol. The SMILES string of the molecule is CCCCOC(=O)[C@H](C)N[P@@](=O)(OC[C@H]1O[C@@H](n2ccc(=O)[nH]c2=O)[C@@]2(CCO2)[C@@H]1O)Oc1ccccc1. The minimum atomic E-state index is -4.21. The molecule has 208 valence electrons. The Kier molecular flexibility index (Phi) is 8.86. The van der Waals surface area contributed by atoms with Crippen molar-refractivity contribution in [2.75, 3.05) is 19.8 Å². The molecule has 0 saturated carbocycles. The number of aromatic nitrogens is 2. The number of hydrogen-bond acceptors (Lipinski definition) is 10. The van der Waals surface area contributed by atoms with E-state index in [2.05, 4.69) is 10.1 Å². The molecule has 0 amide bonds. The van der Waals surface area contributed by atoms with Gasteiger partial charge in [-0.15, -0.1) is 0 Å². The van der Waals surface area contributed by atoms with Crippen molar-refractivity contribution < 1.29 is 37.7 Å². The topological polar surface area (TPSA) is 167 Å². The van der Waals surface area contributed by atoms with Gasteiger partial charge in [-0.1, -0.05) is 31.5 Å². The molecule has 0 radical (unpaired) electrons. The second kappa shape index (κ2) is 11.9. The first-order chi connectivity index (χ1) is 18.2. The van der Waals surface area contributed by atoms with Crippen LogP contribution in [0.15, 0.2) is 52.2 Å². The maximum atomic E-state index is 13.8. The molecule has 2 aromatic rings. The second-order valence-corrected chi connectivity index (χ2v) is 10.8. The lowest BCUT2D eigenvalue weighted by Crippen LogP contribution is -2.57. The first-order valence-corrected chi connectivity index (χ1v) is 13.9. The Hall–Kier alpha value is -2.80. The zero-order chi connectivity index (χ0) is 27.3. The monoisotopic (exact) mass is 553 g/mol. The Bertz CT molecular complexity index is 1260. The van der Waals surface area contributed by atoms with Crippen molar-refractivity contribution in [2.24, 2.45) is 0 Å². The smallest absolute Gasteiger partial charge is 0.459 e. The van der Waals surface area contributed by atoms with Gasteiger partial charge in [0.05, 0.1) is 19.8 Å². The van der Waals surface area contributed by atoms with E-state index in [-0.39, 0.29) is 12.4 Å². The summed E-state index contributed by atoms with van der Waals surface area (Å²) in [5, 5.41) is 13.7. The number of aliphatic hydroxyl groups is 1. The van der Waals surface area contributed by atoms with Crippen LogP contribution in [0.25, 0.3) is 0 Å². The van der Waals surface area contributed by atoms with Crippen LogP contribution >= 0.6 is 7.75 Å². The van der Waals surface area contributed by atoms with Gasteiger partial charge < -0.3 is 23.8 Å². The number of aliphatic hydroxyl groups excluding tert-OH is 1. The molecule has 2 aliphatic rings. The van der Waals surface area contributed by atoms with Crippen molar-refractivity contribution in [1.29, 1.82) is 0 Å². The standard InChI is InChI=1S/C24H32N3O10P/c1-3-4-13-33-21(30)16(2)26-38(32,37-17-8-6-5-7-9-17)35-15-18-20(29)24(11-14-34-24)22(36-18)27-12-10-19(28)25-23(27)31/h5-10,12,16,18,20,22,29H,3-4,11,13-15H2,1-2H3,(H,26,32)(H,25,28,31)/t16-,18+,20+,22+,24+,38+/m0/s1. The number of H-pyrrole nitrogens is 1. The van der Waals surface area contributed by atoms with Crippen LogP contribution in [0, 0.1) is 0 Å². The van der Waals surface area contributed by atoms with Gasteiger partial charge in [-0.3, -0.25) is 23.7 Å². The Morgan fingerprint density at radius 2 is 2.05 bits per heavy atom. The van der Waals surface area contributed by atoms with Gasteiger partial charge in [0.1, 0.15) is 29.6 Å². The fourth-order valence-electron chi connectivity index (χ4n) is 4.24. The third-order valence-corrected chi connectivity index (χ3v) is 8.01. The molecule has 3 heterocycles. The van der Waals surface area contributed by atoms with Gasteiger partial charge in [-0.2, -0.15) is 5.09 Å². The molecule has 1 aromatic heterocycles. The summed E-state index contributed by atoms with van der Waals surface area (Å²) in [6, 6.07) is 8.35. The third kappa shape index (κ3) is 6.09. The van der Waals surface area contributed by atoms with Gasteiger partial charge in [0, 0.05) is 18.7 Å². The average molecular weight is 554 g/mol. The van der Waals surface area contributed by atoms with Crippen LogP contribution in [0.3, 0.4) is 0 Å². The Balaban J connectivity index is 1.51. The molecule has 2 saturated heterocycles. The predicted octanol–water partition coefficient (Wildman–Crippen LogP) is 1.48. The van der Waals surface area contributed by atoms with E-state index < -0.39 is 61.7 Å². The number of hydrogen-bond donors (Lipinski definition) is 3. The maximum absolute atomic E-state index is 13.8. The fraction of sp³-hybridized carbons (Fsp3) is 0.542. The lowest BCUT2D eigenvalue weighted by Gasteiger charge is -2.44. The largest absolute Gasteiger partial charge is 0.465 e. The van der Waals surface area contributed by atoms with Crippen molar-refractivity contribution in [3.8, 4) is 5.75 Å². The molecule has 1 spiro atoms. The molecule has 3 N–H and O–H groups in total. The summed E-state index contributed by atoms with van der Waals surface area (Å²) in [5.41, 5.74) is -2.58. The van der Waals surface area contributed by atoms with Crippen molar-refractivity contribution in [2.45, 2.75) is 63.2 Å². The van der Waals surface area contributed by atoms with E-state index in [4.69, 9.17) is 23.3 Å². The summed E-state index contributed by atoms with van der Waals surface area (Å²) in [6.07, 6.45) is -0.261. The molecule has 14 heteroatoms. The molecule has 13 nitrogen and oxygen atoms in total. The highest BCUT2D eigenvalue weighted by Crippen LogP contribution is 2.50. The van der Waals surface area contributed by atoms with Crippen LogP contribution < -0.4 is 20.9 Å². The number of para-hydroxylation sites is 1. The number of nitrogens with one attached hydrogen (secondary N) is 2. The quantitative estimate of drug-likeness (QED) is 0.198. The van der Waals surface area contributed by atoms with E-state index in [1.165, 1.54) is 13.1 Å². The number of rotatable bonds is 12. The number of carbonyl (C=O) groups is 1. The summed E-state index contributed by atoms with van der Waals surface area (Å²) in [4.78, 5) is 38.5. The number of ether oxygens (including phenoxy) is 3. The summed E-state index contributed by atoms with van der Waals surface area (Å²) in [7, 11) is -4.21. The maximum Gasteiger partial charge on any atom is 0.459 e. The average Bonchev–Trinajstić information content (AvgIpc) is 3.15. The highest BCUT2D eigenvalue weighted by Gasteiger charge is 2.62. The predicted molar refractivity (Wildman–Crippen MR) is 134 cm³/mol. The van der Waals surface area contributed by atoms with Crippen LogP contribution in [0.5, 0.6) is 5.75 Å². The summed E-state index contributed by atoms with van der Waals surface area (Å²) >= 11 is 0. The van der Waals surface area contributed by atoms with Gasteiger partial charge >= 0.3 is 19.4 Å². The van der Waals surface area contributed by atoms with Crippen LogP contribution in [0.2, 0.25) is 0 Å². The van der Waals surface area contributed by atoms with Crippen LogP contribution in [0.1, 0.15) is 39.3 Å². The summed E-state index contributed by atoms with van der Waals surface area (Å²) in [5.74, 6) is -0.408. The number of esters is 1. The Morgan fingerprint density at radius 1 is 1.32 bits per heavy atom. The zero-order valence-corrected chi connectivity index (χ0v) is 22.0. The van der Waals surface area contributed by atoms with Crippen molar-refractivity contribution >= 4 is 13.7 Å². The summed E-state index contributed by atoms with van der Waals surface area (Å²) in [6.45, 7) is 3.55. The molecule has 4 rings (SSSR count). The minimum Gasteiger partial charge on any atom is -0.465 e. The lowest BCUT2D eigenvalue weighted by atomic mass is 9.86. The van der Waals surface area contributed by atoms with Crippen LogP contribution in [-0.4, -0.2) is 64.3 Å². The minimum absolute atomic E-state index is 0.222. The van der Waals surface area contributed by atoms with Crippen molar-refractivity contribution in [3.05, 3.63) is 63.4 Å². The van der Waals surface area contributed by atoms with Crippen LogP contribution in [-0.2, 0) is 28.1 Å². The molecule has 0 aliphatic carbocycles. The van der Waals surface area contributed by atoms with Gasteiger partial charge in [0.2, 0.25) is 0 Å². The number of aromatic amines is 1. The number of benzene rings is 1. The van der Waals surface area contributed by atoms with E-state index in [1.807, 2.05) is 6.92 Å². The third-order valence-electron chi connectivity index (χ3n) is 6.37. The zero-order valence-electron chi connectivity index (χ0n) is 21.1. The molecule has 2 aliphatic heterocycles. The Morgan fingerprint density at radius 3 is 2.68 bits per heavy atom. The van der Waals surface area contributed by atoms with E-state index in [0.717, 1.165) is 17.1 Å².